The zero-order valence-electron chi connectivity index (χ0n) is 9.67. The number of carbonyl (C=O) groups is 2. The molecule has 94 valence electrons. The molecule has 0 bridgehead atoms. The number of para-hydroxylation sites is 1. The van der Waals surface area contributed by atoms with Crippen LogP contribution >= 0.6 is 0 Å². The molecular weight excluding hydrogens is 234 g/mol. The summed E-state index contributed by atoms with van der Waals surface area (Å²) in [5.41, 5.74) is 0.440. The molecular formula is C13H13NO4. The molecule has 0 aromatic heterocycles. The Labute approximate surface area is 105 Å². The number of rotatable bonds is 5. The minimum absolute atomic E-state index is 0.00170. The van der Waals surface area contributed by atoms with Gasteiger partial charge in [-0.15, -0.1) is 6.42 Å². The molecule has 0 aliphatic carbocycles. The minimum atomic E-state index is -1.13. The molecule has 5 nitrogen and oxygen atoms in total. The van der Waals surface area contributed by atoms with Gasteiger partial charge in [-0.3, -0.25) is 9.59 Å². The monoisotopic (exact) mass is 247 g/mol. The lowest BCUT2D eigenvalue weighted by Crippen LogP contribution is -2.36. The first-order valence-electron chi connectivity index (χ1n) is 5.24. The Hall–Kier alpha value is -2.48. The van der Waals surface area contributed by atoms with Crippen molar-refractivity contribution in [1.82, 2.24) is 4.90 Å². The molecule has 2 N–H and O–H groups in total. The van der Waals surface area contributed by atoms with Crippen molar-refractivity contribution in [2.75, 3.05) is 13.1 Å². The first-order chi connectivity index (χ1) is 8.54. The number of carboxylic acids is 1. The lowest BCUT2D eigenvalue weighted by molar-refractivity contribution is -0.143. The van der Waals surface area contributed by atoms with Crippen LogP contribution in [0.15, 0.2) is 24.3 Å². The van der Waals surface area contributed by atoms with Crippen LogP contribution in [0.5, 0.6) is 5.75 Å². The second kappa shape index (κ2) is 6.30. The molecule has 5 heteroatoms. The van der Waals surface area contributed by atoms with Crippen LogP contribution in [0.4, 0.5) is 0 Å². The number of nitrogens with zero attached hydrogens (tertiary/aromatic N) is 1. The van der Waals surface area contributed by atoms with Crippen LogP contribution in [0, 0.1) is 12.3 Å². The minimum Gasteiger partial charge on any atom is -0.508 e. The predicted octanol–water partition coefficient (Wildman–Crippen LogP) is 0.481. The summed E-state index contributed by atoms with van der Waals surface area (Å²) in [6, 6.07) is 6.39. The molecule has 0 aliphatic rings. The number of hydrogen-bond donors (Lipinski definition) is 2. The molecule has 1 aromatic carbocycles. The number of carboxylic acid groups (broad SMARTS) is 1. The Balaban J connectivity index is 2.76. The Kier molecular flexibility index (Phi) is 4.76. The van der Waals surface area contributed by atoms with Crippen molar-refractivity contribution < 1.29 is 19.8 Å². The van der Waals surface area contributed by atoms with Gasteiger partial charge in [0.2, 0.25) is 5.91 Å². The van der Waals surface area contributed by atoms with E-state index in [1.54, 1.807) is 18.2 Å². The number of aromatic hydroxyl groups is 1. The quantitative estimate of drug-likeness (QED) is 0.742. The first-order valence-corrected chi connectivity index (χ1v) is 5.24. The Bertz CT molecular complexity index is 490. The van der Waals surface area contributed by atoms with Gasteiger partial charge in [0.15, 0.2) is 0 Å². The Morgan fingerprint density at radius 2 is 2.00 bits per heavy atom. The van der Waals surface area contributed by atoms with Crippen molar-refractivity contribution >= 4 is 11.9 Å². The highest BCUT2D eigenvalue weighted by atomic mass is 16.4. The lowest BCUT2D eigenvalue weighted by atomic mass is 10.1. The van der Waals surface area contributed by atoms with E-state index in [0.29, 0.717) is 5.56 Å². The fraction of sp³-hybridized carbons (Fsp3) is 0.231. The van der Waals surface area contributed by atoms with Crippen LogP contribution in [-0.2, 0) is 16.0 Å². The van der Waals surface area contributed by atoms with E-state index in [0.717, 1.165) is 4.90 Å². The highest BCUT2D eigenvalue weighted by Crippen LogP contribution is 2.16. The number of benzene rings is 1. The lowest BCUT2D eigenvalue weighted by Gasteiger charge is -2.18. The number of phenolic OH excluding ortho intramolecular Hbond substituents is 1. The number of amides is 1. The van der Waals surface area contributed by atoms with Crippen molar-refractivity contribution in [3.63, 3.8) is 0 Å². The zero-order chi connectivity index (χ0) is 13.5. The van der Waals surface area contributed by atoms with Crippen LogP contribution < -0.4 is 0 Å². The maximum atomic E-state index is 11.8. The molecule has 0 unspecified atom stereocenters. The van der Waals surface area contributed by atoms with Gasteiger partial charge in [-0.2, -0.15) is 0 Å². The molecule has 18 heavy (non-hydrogen) atoms. The standard InChI is InChI=1S/C13H13NO4/c1-2-7-14(9-13(17)18)12(16)8-10-5-3-4-6-11(10)15/h1,3-6,15H,7-9H2,(H,17,18). The van der Waals surface area contributed by atoms with E-state index in [4.69, 9.17) is 11.5 Å². The van der Waals surface area contributed by atoms with E-state index in [1.165, 1.54) is 6.07 Å². The third-order valence-corrected chi connectivity index (χ3v) is 2.29. The van der Waals surface area contributed by atoms with Gasteiger partial charge >= 0.3 is 5.97 Å². The van der Waals surface area contributed by atoms with E-state index >= 15 is 0 Å². The molecule has 1 amide bonds. The van der Waals surface area contributed by atoms with Crippen molar-refractivity contribution in [2.24, 2.45) is 0 Å². The Morgan fingerprint density at radius 1 is 1.33 bits per heavy atom. The van der Waals surface area contributed by atoms with E-state index in [1.807, 2.05) is 0 Å². The van der Waals surface area contributed by atoms with Crippen LogP contribution in [0.25, 0.3) is 0 Å². The van der Waals surface area contributed by atoms with Crippen LogP contribution in [0.1, 0.15) is 5.56 Å². The average Bonchev–Trinajstić information content (AvgIpc) is 2.31. The SMILES string of the molecule is C#CCN(CC(=O)O)C(=O)Cc1ccccc1O. The van der Waals surface area contributed by atoms with Gasteiger partial charge in [-0.05, 0) is 6.07 Å². The summed E-state index contributed by atoms with van der Waals surface area (Å²) in [5.74, 6) is 0.673. The largest absolute Gasteiger partial charge is 0.508 e. The van der Waals surface area contributed by atoms with Gasteiger partial charge in [0.1, 0.15) is 12.3 Å². The van der Waals surface area contributed by atoms with Crippen molar-refractivity contribution in [2.45, 2.75) is 6.42 Å². The van der Waals surface area contributed by atoms with Gasteiger partial charge < -0.3 is 15.1 Å². The van der Waals surface area contributed by atoms with Crippen molar-refractivity contribution in [1.29, 1.82) is 0 Å². The van der Waals surface area contributed by atoms with Crippen molar-refractivity contribution in [3.05, 3.63) is 29.8 Å². The summed E-state index contributed by atoms with van der Waals surface area (Å²) >= 11 is 0. The second-order valence-electron chi connectivity index (χ2n) is 3.65. The van der Waals surface area contributed by atoms with Gasteiger partial charge in [-0.1, -0.05) is 24.1 Å². The molecule has 1 rings (SSSR count). The number of hydrogen-bond acceptors (Lipinski definition) is 3. The molecule has 0 radical (unpaired) electrons. The predicted molar refractivity (Wildman–Crippen MR) is 64.9 cm³/mol. The third-order valence-electron chi connectivity index (χ3n) is 2.29. The van der Waals surface area contributed by atoms with E-state index in [-0.39, 0.29) is 18.7 Å². The smallest absolute Gasteiger partial charge is 0.323 e. The summed E-state index contributed by atoms with van der Waals surface area (Å²) in [7, 11) is 0. The van der Waals surface area contributed by atoms with E-state index < -0.39 is 18.4 Å². The number of aliphatic carboxylic acids is 1. The first kappa shape index (κ1) is 13.6. The molecule has 0 heterocycles. The molecule has 1 aromatic rings. The molecule has 0 saturated heterocycles. The molecule has 0 fully saturated rings. The molecule has 0 aliphatic heterocycles. The van der Waals surface area contributed by atoms with Crippen LogP contribution in [0.2, 0.25) is 0 Å². The zero-order valence-corrected chi connectivity index (χ0v) is 9.67. The fourth-order valence-electron chi connectivity index (χ4n) is 1.44. The number of phenols is 1. The van der Waals surface area contributed by atoms with Crippen LogP contribution in [0.3, 0.4) is 0 Å². The molecule has 0 saturated carbocycles. The Morgan fingerprint density at radius 3 is 2.56 bits per heavy atom. The summed E-state index contributed by atoms with van der Waals surface area (Å²) < 4.78 is 0. The maximum absolute atomic E-state index is 11.8. The van der Waals surface area contributed by atoms with Gasteiger partial charge in [0.25, 0.3) is 0 Å². The van der Waals surface area contributed by atoms with E-state index in [9.17, 15) is 14.7 Å². The summed E-state index contributed by atoms with van der Waals surface area (Å²) in [6.07, 6.45) is 5.00. The maximum Gasteiger partial charge on any atom is 0.323 e. The number of terminal acetylenes is 1. The van der Waals surface area contributed by atoms with Crippen LogP contribution in [-0.4, -0.2) is 40.1 Å². The topological polar surface area (TPSA) is 77.8 Å². The third kappa shape index (κ3) is 3.83. The number of carbonyl (C=O) groups excluding carboxylic acids is 1. The van der Waals surface area contributed by atoms with Gasteiger partial charge in [0, 0.05) is 5.56 Å². The summed E-state index contributed by atoms with van der Waals surface area (Å²) in [5, 5.41) is 18.2. The molecule has 0 atom stereocenters. The van der Waals surface area contributed by atoms with Gasteiger partial charge in [-0.25, -0.2) is 0 Å². The average molecular weight is 247 g/mol. The fourth-order valence-corrected chi connectivity index (χ4v) is 1.44. The van der Waals surface area contributed by atoms with Crippen molar-refractivity contribution in [3.8, 4) is 18.1 Å². The highest BCUT2D eigenvalue weighted by molar-refractivity contribution is 5.83. The summed E-state index contributed by atoms with van der Waals surface area (Å²) in [4.78, 5) is 23.5. The normalized spacial score (nSPS) is 9.50. The highest BCUT2D eigenvalue weighted by Gasteiger charge is 2.17. The molecule has 0 spiro atoms. The van der Waals surface area contributed by atoms with Gasteiger partial charge in [0.05, 0.1) is 13.0 Å². The second-order valence-corrected chi connectivity index (χ2v) is 3.65. The van der Waals surface area contributed by atoms with E-state index in [2.05, 4.69) is 5.92 Å². The summed E-state index contributed by atoms with van der Waals surface area (Å²) in [6.45, 7) is -0.518.